The Labute approximate surface area is 290 Å². The number of methoxy groups -OCH3 is 1. The summed E-state index contributed by atoms with van der Waals surface area (Å²) < 4.78 is 6.22. The van der Waals surface area contributed by atoms with Crippen molar-refractivity contribution in [3.63, 3.8) is 0 Å². The Hall–Kier alpha value is -3.93. The van der Waals surface area contributed by atoms with Crippen LogP contribution in [0.5, 0.6) is 5.75 Å². The van der Waals surface area contributed by atoms with Gasteiger partial charge >= 0.3 is 0 Å². The Morgan fingerprint density at radius 3 is 1.46 bits per heavy atom. The van der Waals surface area contributed by atoms with Crippen LogP contribution in [0.2, 0.25) is 0 Å². The van der Waals surface area contributed by atoms with Gasteiger partial charge in [0.25, 0.3) is 0 Å². The molecule has 6 rings (SSSR count). The van der Waals surface area contributed by atoms with Gasteiger partial charge in [-0.25, -0.2) is 0 Å². The fourth-order valence-corrected chi connectivity index (χ4v) is 9.42. The highest BCUT2D eigenvalue weighted by molar-refractivity contribution is 7.80. The minimum Gasteiger partial charge on any atom is -0.496 e. The molecule has 0 aromatic heterocycles. The normalized spacial score (nSPS) is 13.2. The second kappa shape index (κ2) is 12.5. The van der Waals surface area contributed by atoms with E-state index in [9.17, 15) is 0 Å². The first-order chi connectivity index (χ1) is 22.6. The lowest BCUT2D eigenvalue weighted by atomic mass is 9.81. The molecule has 0 spiro atoms. The smallest absolute Gasteiger partial charge is 0.127 e. The van der Waals surface area contributed by atoms with Crippen molar-refractivity contribution in [3.05, 3.63) is 131 Å². The molecule has 1 atom stereocenters. The van der Waals surface area contributed by atoms with E-state index in [1.54, 1.807) is 7.11 Å². The molecule has 0 fully saturated rings. The number of rotatable bonds is 5. The SMILES string of the molecule is COc1ccc2ccccc2c1-c1c(P(c2cc(C)cc(C(C)(C)C)c2)c2cc(C(C)(C)C)cc(C(C)(C)C)c2)ccc2ccccc12. The van der Waals surface area contributed by atoms with Crippen LogP contribution in [0.25, 0.3) is 32.7 Å². The third-order valence-corrected chi connectivity index (χ3v) is 12.0. The number of aryl methyl sites for hydroxylation is 1. The standard InChI is InChI=1S/C46H51OP/c1-30-24-33(44(2,3)4)27-36(25-30)48(37-28-34(45(5,6)7)26-35(29-37)46(8,9)10)41-23-21-32-17-13-15-19-39(32)43(41)42-38-18-14-12-16-31(38)20-22-40(42)47-11/h12-29H,1-11H3. The van der Waals surface area contributed by atoms with Crippen LogP contribution in [-0.2, 0) is 16.2 Å². The molecule has 0 heterocycles. The van der Waals surface area contributed by atoms with Crippen molar-refractivity contribution < 1.29 is 4.74 Å². The lowest BCUT2D eigenvalue weighted by molar-refractivity contribution is 0.417. The van der Waals surface area contributed by atoms with Crippen LogP contribution in [0, 0.1) is 6.92 Å². The van der Waals surface area contributed by atoms with Crippen LogP contribution in [-0.4, -0.2) is 7.11 Å². The maximum Gasteiger partial charge on any atom is 0.127 e. The van der Waals surface area contributed by atoms with Crippen molar-refractivity contribution >= 4 is 45.4 Å². The van der Waals surface area contributed by atoms with Crippen molar-refractivity contribution in [3.8, 4) is 16.9 Å². The summed E-state index contributed by atoms with van der Waals surface area (Å²) in [7, 11) is 0.807. The molecule has 0 saturated heterocycles. The van der Waals surface area contributed by atoms with E-state index in [0.29, 0.717) is 0 Å². The monoisotopic (exact) mass is 650 g/mol. The van der Waals surface area contributed by atoms with Gasteiger partial charge in [-0.3, -0.25) is 0 Å². The van der Waals surface area contributed by atoms with E-state index in [-0.39, 0.29) is 16.2 Å². The minimum absolute atomic E-state index is 0.00521. The van der Waals surface area contributed by atoms with Crippen molar-refractivity contribution in [2.75, 3.05) is 7.11 Å². The molecule has 0 aliphatic heterocycles. The zero-order chi connectivity index (χ0) is 34.6. The van der Waals surface area contributed by atoms with Crippen molar-refractivity contribution in [1.29, 1.82) is 0 Å². The third kappa shape index (κ3) is 6.55. The predicted molar refractivity (Wildman–Crippen MR) is 213 cm³/mol. The molecule has 0 N–H and O–H groups in total. The number of benzene rings is 6. The summed E-state index contributed by atoms with van der Waals surface area (Å²) in [6.07, 6.45) is 0. The summed E-state index contributed by atoms with van der Waals surface area (Å²) in [6.45, 7) is 23.3. The molecule has 6 aromatic carbocycles. The Kier molecular flexibility index (Phi) is 8.85. The van der Waals surface area contributed by atoms with E-state index < -0.39 is 7.92 Å². The Morgan fingerprint density at radius 2 is 0.938 bits per heavy atom. The van der Waals surface area contributed by atoms with Gasteiger partial charge in [-0.15, -0.1) is 0 Å². The molecule has 2 heteroatoms. The van der Waals surface area contributed by atoms with Gasteiger partial charge in [0, 0.05) is 11.1 Å². The maximum atomic E-state index is 6.22. The molecular formula is C46H51OP. The van der Waals surface area contributed by atoms with Crippen LogP contribution in [0.1, 0.15) is 84.6 Å². The van der Waals surface area contributed by atoms with E-state index in [1.807, 2.05) is 0 Å². The first kappa shape index (κ1) is 34.0. The summed E-state index contributed by atoms with van der Waals surface area (Å²) in [5, 5.41) is 9.05. The zero-order valence-corrected chi connectivity index (χ0v) is 31.6. The molecule has 0 amide bonds. The quantitative estimate of drug-likeness (QED) is 0.169. The average Bonchev–Trinajstić information content (AvgIpc) is 3.03. The van der Waals surface area contributed by atoms with Gasteiger partial charge in [0.05, 0.1) is 7.11 Å². The van der Waals surface area contributed by atoms with Crippen LogP contribution >= 0.6 is 7.92 Å². The van der Waals surface area contributed by atoms with E-state index in [0.717, 1.165) is 5.75 Å². The van der Waals surface area contributed by atoms with Crippen LogP contribution in [0.15, 0.2) is 109 Å². The summed E-state index contributed by atoms with van der Waals surface area (Å²) in [4.78, 5) is 0. The highest BCUT2D eigenvalue weighted by Gasteiger charge is 2.29. The maximum absolute atomic E-state index is 6.22. The molecule has 1 unspecified atom stereocenters. The average molecular weight is 651 g/mol. The fraction of sp³-hybridized carbons (Fsp3) is 0.304. The molecule has 0 radical (unpaired) electrons. The van der Waals surface area contributed by atoms with E-state index in [2.05, 4.69) is 178 Å². The summed E-state index contributed by atoms with van der Waals surface area (Å²) >= 11 is 0. The van der Waals surface area contributed by atoms with Crippen molar-refractivity contribution in [2.45, 2.75) is 85.5 Å². The Bertz CT molecular complexity index is 2100. The molecule has 48 heavy (non-hydrogen) atoms. The van der Waals surface area contributed by atoms with Gasteiger partial charge in [0.15, 0.2) is 0 Å². The molecule has 0 aliphatic carbocycles. The van der Waals surface area contributed by atoms with E-state index in [4.69, 9.17) is 4.74 Å². The highest BCUT2D eigenvalue weighted by Crippen LogP contribution is 2.47. The van der Waals surface area contributed by atoms with Crippen molar-refractivity contribution in [2.24, 2.45) is 0 Å². The summed E-state index contributed by atoms with van der Waals surface area (Å²) in [5.41, 5.74) is 7.91. The first-order valence-electron chi connectivity index (χ1n) is 17.2. The molecule has 246 valence electrons. The molecule has 1 nitrogen and oxygen atoms in total. The predicted octanol–water partition coefficient (Wildman–Crippen LogP) is 11.6. The second-order valence-corrected chi connectivity index (χ2v) is 18.6. The largest absolute Gasteiger partial charge is 0.496 e. The molecule has 6 aromatic rings. The molecule has 0 bridgehead atoms. The fourth-order valence-electron chi connectivity index (χ4n) is 6.75. The molecular weight excluding hydrogens is 599 g/mol. The van der Waals surface area contributed by atoms with Gasteiger partial charge in [0.1, 0.15) is 5.75 Å². The van der Waals surface area contributed by atoms with E-state index in [1.165, 1.54) is 70.8 Å². The number of fused-ring (bicyclic) bond motifs is 2. The Morgan fingerprint density at radius 1 is 0.479 bits per heavy atom. The van der Waals surface area contributed by atoms with Crippen molar-refractivity contribution in [1.82, 2.24) is 0 Å². The first-order valence-corrected chi connectivity index (χ1v) is 18.6. The number of hydrogen-bond acceptors (Lipinski definition) is 1. The Balaban J connectivity index is 1.82. The topological polar surface area (TPSA) is 9.23 Å². The lowest BCUT2D eigenvalue weighted by Gasteiger charge is -2.31. The van der Waals surface area contributed by atoms with Crippen LogP contribution < -0.4 is 20.7 Å². The van der Waals surface area contributed by atoms with Gasteiger partial charge in [-0.1, -0.05) is 171 Å². The molecule has 0 saturated carbocycles. The van der Waals surface area contributed by atoms with Crippen LogP contribution in [0.4, 0.5) is 0 Å². The van der Waals surface area contributed by atoms with Gasteiger partial charge in [-0.05, 0) is 91.3 Å². The second-order valence-electron chi connectivity index (χ2n) is 16.5. The lowest BCUT2D eigenvalue weighted by Crippen LogP contribution is -2.27. The third-order valence-electron chi connectivity index (χ3n) is 9.60. The van der Waals surface area contributed by atoms with Gasteiger partial charge in [0.2, 0.25) is 0 Å². The summed E-state index contributed by atoms with van der Waals surface area (Å²) in [5.74, 6) is 0.902. The zero-order valence-electron chi connectivity index (χ0n) is 30.7. The number of ether oxygens (including phenoxy) is 1. The van der Waals surface area contributed by atoms with Crippen LogP contribution in [0.3, 0.4) is 0 Å². The molecule has 0 aliphatic rings. The van der Waals surface area contributed by atoms with Gasteiger partial charge < -0.3 is 4.74 Å². The number of hydrogen-bond donors (Lipinski definition) is 0. The van der Waals surface area contributed by atoms with E-state index >= 15 is 0 Å². The minimum atomic E-state index is -0.998. The van der Waals surface area contributed by atoms with Gasteiger partial charge in [-0.2, -0.15) is 0 Å². The highest BCUT2D eigenvalue weighted by atomic mass is 31.1. The summed E-state index contributed by atoms with van der Waals surface area (Å²) in [6, 6.07) is 41.5.